The van der Waals surface area contributed by atoms with Gasteiger partial charge in [0.05, 0.1) is 7.11 Å². The second-order valence-corrected chi connectivity index (χ2v) is 8.44. The fourth-order valence-corrected chi connectivity index (χ4v) is 3.91. The summed E-state index contributed by atoms with van der Waals surface area (Å²) in [7, 11) is 1.60. The maximum absolute atomic E-state index is 13.6. The summed E-state index contributed by atoms with van der Waals surface area (Å²) in [4.78, 5) is 17.0. The average molecular weight is 502 g/mol. The Morgan fingerprint density at radius 2 is 1.81 bits per heavy atom. The van der Waals surface area contributed by atoms with E-state index in [1.54, 1.807) is 42.1 Å². The molecule has 2 N–H and O–H groups in total. The highest BCUT2D eigenvalue weighted by Crippen LogP contribution is 2.33. The molecule has 9 heteroatoms. The second kappa shape index (κ2) is 10.1. The molecule has 0 spiro atoms. The van der Waals surface area contributed by atoms with Gasteiger partial charge in [0.15, 0.2) is 0 Å². The van der Waals surface area contributed by atoms with Crippen molar-refractivity contribution in [2.24, 2.45) is 0 Å². The molecule has 1 atom stereocenters. The van der Waals surface area contributed by atoms with Gasteiger partial charge in [0.2, 0.25) is 5.95 Å². The first-order chi connectivity index (χ1) is 17.5. The standard InChI is InChI=1S/C27H21ClFN5O2/c1-36-22-13-2-17(3-14-22)4-15-25(35)31-26-32-27-30-23(18-5-9-20(28)10-6-18)16-24(34(27)33-26)19-7-11-21(29)12-8-19/h2-16,24H,1H3,(H2,30,31,32,33,35). The van der Waals surface area contributed by atoms with Crippen LogP contribution < -0.4 is 15.4 Å². The molecule has 5 rings (SSSR count). The second-order valence-electron chi connectivity index (χ2n) is 8.01. The minimum absolute atomic E-state index is 0.139. The van der Waals surface area contributed by atoms with Crippen LogP contribution in [-0.2, 0) is 4.79 Å². The number of hydrogen-bond acceptors (Lipinski definition) is 5. The van der Waals surface area contributed by atoms with Crippen molar-refractivity contribution in [3.63, 3.8) is 0 Å². The summed E-state index contributed by atoms with van der Waals surface area (Å²) in [5, 5.41) is 11.1. The minimum atomic E-state index is -0.377. The maximum atomic E-state index is 13.6. The third-order valence-corrected chi connectivity index (χ3v) is 5.86. The van der Waals surface area contributed by atoms with Crippen molar-refractivity contribution in [3.05, 3.63) is 112 Å². The van der Waals surface area contributed by atoms with Crippen molar-refractivity contribution in [1.29, 1.82) is 0 Å². The zero-order chi connectivity index (χ0) is 25.1. The number of carbonyl (C=O) groups excluding carboxylic acids is 1. The van der Waals surface area contributed by atoms with E-state index in [1.807, 2.05) is 42.5 Å². The van der Waals surface area contributed by atoms with Crippen molar-refractivity contribution in [1.82, 2.24) is 14.8 Å². The molecule has 180 valence electrons. The molecule has 2 heterocycles. The molecule has 0 radical (unpaired) electrons. The van der Waals surface area contributed by atoms with E-state index >= 15 is 0 Å². The summed E-state index contributed by atoms with van der Waals surface area (Å²) in [5.41, 5.74) is 3.35. The van der Waals surface area contributed by atoms with E-state index < -0.39 is 0 Å². The zero-order valence-corrected chi connectivity index (χ0v) is 19.9. The van der Waals surface area contributed by atoms with Crippen molar-refractivity contribution in [2.75, 3.05) is 17.7 Å². The van der Waals surface area contributed by atoms with E-state index in [2.05, 4.69) is 20.7 Å². The molecule has 0 bridgehead atoms. The normalized spacial score (nSPS) is 14.6. The number of halogens is 2. The number of nitrogens with one attached hydrogen (secondary N) is 2. The first-order valence-corrected chi connectivity index (χ1v) is 11.5. The largest absolute Gasteiger partial charge is 0.497 e. The smallest absolute Gasteiger partial charge is 0.250 e. The number of aromatic nitrogens is 3. The van der Waals surface area contributed by atoms with E-state index in [4.69, 9.17) is 16.3 Å². The Morgan fingerprint density at radius 3 is 2.50 bits per heavy atom. The highest BCUT2D eigenvalue weighted by Gasteiger charge is 2.25. The molecule has 4 aromatic rings. The fraction of sp³-hybridized carbons (Fsp3) is 0.0741. The van der Waals surface area contributed by atoms with Crippen LogP contribution in [0.4, 0.5) is 16.3 Å². The van der Waals surface area contributed by atoms with Crippen LogP contribution >= 0.6 is 11.6 Å². The Balaban J connectivity index is 1.40. The quantitative estimate of drug-likeness (QED) is 0.327. The van der Waals surface area contributed by atoms with Crippen LogP contribution in [0.3, 0.4) is 0 Å². The van der Waals surface area contributed by atoms with Crippen molar-refractivity contribution < 1.29 is 13.9 Å². The lowest BCUT2D eigenvalue weighted by Crippen LogP contribution is -2.20. The van der Waals surface area contributed by atoms with Crippen LogP contribution in [0, 0.1) is 5.82 Å². The molecular formula is C27H21ClFN5O2. The van der Waals surface area contributed by atoms with Crippen LogP contribution in [0.25, 0.3) is 11.8 Å². The summed E-state index contributed by atoms with van der Waals surface area (Å²) in [5.74, 6) is 0.605. The molecule has 1 amide bonds. The summed E-state index contributed by atoms with van der Waals surface area (Å²) < 4.78 is 20.4. The number of allylic oxidation sites excluding steroid dienone is 1. The summed E-state index contributed by atoms with van der Waals surface area (Å²) in [6.07, 6.45) is 5.06. The topological polar surface area (TPSA) is 81.1 Å². The molecule has 1 aromatic heterocycles. The average Bonchev–Trinajstić information content (AvgIpc) is 3.30. The number of amides is 1. The Morgan fingerprint density at radius 1 is 1.08 bits per heavy atom. The van der Waals surface area contributed by atoms with Gasteiger partial charge >= 0.3 is 0 Å². The van der Waals surface area contributed by atoms with Crippen LogP contribution in [0.1, 0.15) is 22.7 Å². The van der Waals surface area contributed by atoms with Crippen molar-refractivity contribution >= 4 is 41.2 Å². The number of methoxy groups -OCH3 is 1. The third-order valence-electron chi connectivity index (χ3n) is 5.61. The van der Waals surface area contributed by atoms with Gasteiger partial charge in [-0.25, -0.2) is 9.07 Å². The van der Waals surface area contributed by atoms with Gasteiger partial charge < -0.3 is 10.1 Å². The van der Waals surface area contributed by atoms with E-state index in [0.717, 1.165) is 28.1 Å². The summed E-state index contributed by atoms with van der Waals surface area (Å²) >= 11 is 6.05. The van der Waals surface area contributed by atoms with Crippen LogP contribution in [-0.4, -0.2) is 27.8 Å². The molecule has 0 saturated heterocycles. The van der Waals surface area contributed by atoms with Crippen LogP contribution in [0.2, 0.25) is 5.02 Å². The number of fused-ring (bicyclic) bond motifs is 1. The maximum Gasteiger partial charge on any atom is 0.250 e. The Kier molecular flexibility index (Phi) is 6.51. The summed E-state index contributed by atoms with van der Waals surface area (Å²) in [6.45, 7) is 0. The van der Waals surface area contributed by atoms with E-state index in [1.165, 1.54) is 18.2 Å². The summed E-state index contributed by atoms with van der Waals surface area (Å²) in [6, 6.07) is 20.5. The predicted molar refractivity (Wildman–Crippen MR) is 138 cm³/mol. The number of rotatable bonds is 6. The molecule has 1 aliphatic heterocycles. The van der Waals surface area contributed by atoms with Gasteiger partial charge in [-0.1, -0.05) is 48.0 Å². The van der Waals surface area contributed by atoms with Gasteiger partial charge in [-0.15, -0.1) is 5.10 Å². The number of hydrogen-bond donors (Lipinski definition) is 2. The van der Waals surface area contributed by atoms with Gasteiger partial charge in [0.1, 0.15) is 17.6 Å². The first-order valence-electron chi connectivity index (χ1n) is 11.1. The number of carbonyl (C=O) groups is 1. The Labute approximate surface area is 211 Å². The van der Waals surface area contributed by atoms with Crippen LogP contribution in [0.5, 0.6) is 5.75 Å². The van der Waals surface area contributed by atoms with E-state index in [0.29, 0.717) is 11.0 Å². The lowest BCUT2D eigenvalue weighted by molar-refractivity contribution is -0.111. The molecule has 0 saturated carbocycles. The molecule has 0 fully saturated rings. The molecule has 1 aliphatic rings. The molecule has 1 unspecified atom stereocenters. The minimum Gasteiger partial charge on any atom is -0.497 e. The lowest BCUT2D eigenvalue weighted by Gasteiger charge is -2.24. The van der Waals surface area contributed by atoms with Crippen LogP contribution in [0.15, 0.2) is 84.9 Å². The highest BCUT2D eigenvalue weighted by atomic mass is 35.5. The SMILES string of the molecule is COc1ccc(C=CC(=O)Nc2nc3n(n2)C(c2ccc(F)cc2)C=C(c2ccc(Cl)cc2)N3)cc1. The van der Waals surface area contributed by atoms with Crippen molar-refractivity contribution in [2.45, 2.75) is 6.04 Å². The number of benzene rings is 3. The van der Waals surface area contributed by atoms with Gasteiger partial charge in [0, 0.05) is 16.8 Å². The zero-order valence-electron chi connectivity index (χ0n) is 19.2. The Hall–Kier alpha value is -4.43. The Bertz CT molecular complexity index is 1450. The molecule has 3 aromatic carbocycles. The third kappa shape index (κ3) is 5.13. The van der Waals surface area contributed by atoms with E-state index in [9.17, 15) is 9.18 Å². The lowest BCUT2D eigenvalue weighted by atomic mass is 10.0. The fourth-order valence-electron chi connectivity index (χ4n) is 3.78. The van der Waals surface area contributed by atoms with Gasteiger partial charge in [-0.3, -0.25) is 10.1 Å². The molecular weight excluding hydrogens is 481 g/mol. The number of nitrogens with zero attached hydrogens (tertiary/aromatic N) is 3. The van der Waals surface area contributed by atoms with E-state index in [-0.39, 0.29) is 23.7 Å². The van der Waals surface area contributed by atoms with Gasteiger partial charge in [-0.05, 0) is 65.2 Å². The monoisotopic (exact) mass is 501 g/mol. The predicted octanol–water partition coefficient (Wildman–Crippen LogP) is 5.79. The molecule has 36 heavy (non-hydrogen) atoms. The van der Waals surface area contributed by atoms with Gasteiger partial charge in [0.25, 0.3) is 11.9 Å². The molecule has 0 aliphatic carbocycles. The van der Waals surface area contributed by atoms with Crippen molar-refractivity contribution in [3.8, 4) is 5.75 Å². The number of ether oxygens (including phenoxy) is 1. The highest BCUT2D eigenvalue weighted by molar-refractivity contribution is 6.30. The first kappa shape index (κ1) is 23.3. The molecule has 7 nitrogen and oxygen atoms in total. The number of anilines is 2. The van der Waals surface area contributed by atoms with Gasteiger partial charge in [-0.2, -0.15) is 4.98 Å².